The van der Waals surface area contributed by atoms with Crippen LogP contribution in [-0.2, 0) is 11.8 Å². The molecule has 0 atom stereocenters. The van der Waals surface area contributed by atoms with Crippen molar-refractivity contribution in [1.29, 1.82) is 0 Å². The lowest BCUT2D eigenvalue weighted by atomic mass is 9.69. The van der Waals surface area contributed by atoms with Gasteiger partial charge in [0.2, 0.25) is 0 Å². The van der Waals surface area contributed by atoms with Gasteiger partial charge in [-0.1, -0.05) is 19.9 Å². The highest BCUT2D eigenvalue weighted by Crippen LogP contribution is 2.41. The summed E-state index contributed by atoms with van der Waals surface area (Å²) in [4.78, 5) is 0. The van der Waals surface area contributed by atoms with Gasteiger partial charge < -0.3 is 9.84 Å². The number of benzene rings is 1. The molecule has 0 radical (unpaired) electrons. The number of aliphatic hydroxyl groups excluding tert-OH is 1. The topological polar surface area (TPSA) is 29.5 Å². The summed E-state index contributed by atoms with van der Waals surface area (Å²) in [5.41, 5.74) is 3.65. The second-order valence-corrected chi connectivity index (χ2v) is 4.80. The monoisotopic (exact) mass is 218 g/mol. The molecular formula is C14H18O2. The second-order valence-electron chi connectivity index (χ2n) is 4.80. The molecule has 1 aromatic carbocycles. The van der Waals surface area contributed by atoms with Crippen molar-refractivity contribution in [2.75, 3.05) is 7.11 Å². The van der Waals surface area contributed by atoms with Crippen LogP contribution in [0.1, 0.15) is 31.4 Å². The molecule has 0 bridgehead atoms. The van der Waals surface area contributed by atoms with Crippen molar-refractivity contribution in [3.05, 3.63) is 41.2 Å². The van der Waals surface area contributed by atoms with Gasteiger partial charge in [-0.05, 0) is 41.7 Å². The van der Waals surface area contributed by atoms with Crippen molar-refractivity contribution >= 4 is 0 Å². The van der Waals surface area contributed by atoms with Gasteiger partial charge in [0, 0.05) is 5.41 Å². The number of fused-ring (bicyclic) bond motifs is 1. The van der Waals surface area contributed by atoms with Gasteiger partial charge >= 0.3 is 0 Å². The minimum Gasteiger partial charge on any atom is -0.516 e. The van der Waals surface area contributed by atoms with Crippen LogP contribution in [0, 0.1) is 0 Å². The van der Waals surface area contributed by atoms with E-state index < -0.39 is 0 Å². The summed E-state index contributed by atoms with van der Waals surface area (Å²) in [6.45, 7) is 4.30. The molecule has 0 fully saturated rings. The summed E-state index contributed by atoms with van der Waals surface area (Å²) in [6.07, 6.45) is 3.17. The molecule has 1 aromatic rings. The number of hydrogen-bond donors (Lipinski definition) is 1. The van der Waals surface area contributed by atoms with Gasteiger partial charge in [-0.3, -0.25) is 0 Å². The number of allylic oxidation sites excluding steroid dienone is 1. The van der Waals surface area contributed by atoms with Crippen LogP contribution >= 0.6 is 0 Å². The van der Waals surface area contributed by atoms with Crippen LogP contribution in [0.4, 0.5) is 0 Å². The maximum Gasteiger partial charge on any atom is 0.119 e. The van der Waals surface area contributed by atoms with E-state index in [2.05, 4.69) is 26.0 Å². The highest BCUT2D eigenvalue weighted by molar-refractivity contribution is 5.47. The fraction of sp³-hybridized carbons (Fsp3) is 0.429. The lowest BCUT2D eigenvalue weighted by Crippen LogP contribution is -2.26. The van der Waals surface area contributed by atoms with Crippen molar-refractivity contribution in [1.82, 2.24) is 0 Å². The van der Waals surface area contributed by atoms with E-state index in [0.717, 1.165) is 24.2 Å². The van der Waals surface area contributed by atoms with E-state index >= 15 is 0 Å². The van der Waals surface area contributed by atoms with Crippen LogP contribution in [0.3, 0.4) is 0 Å². The Labute approximate surface area is 96.6 Å². The number of aryl methyl sites for hydroxylation is 1. The fourth-order valence-electron chi connectivity index (χ4n) is 2.49. The molecule has 0 saturated carbocycles. The average molecular weight is 218 g/mol. The van der Waals surface area contributed by atoms with Gasteiger partial charge in [-0.25, -0.2) is 0 Å². The van der Waals surface area contributed by atoms with Crippen molar-refractivity contribution in [2.24, 2.45) is 0 Å². The minimum atomic E-state index is -0.0748. The zero-order valence-electron chi connectivity index (χ0n) is 10.1. The third kappa shape index (κ3) is 1.58. The predicted octanol–water partition coefficient (Wildman–Crippen LogP) is 3.36. The van der Waals surface area contributed by atoms with Gasteiger partial charge in [0.25, 0.3) is 0 Å². The molecule has 86 valence electrons. The van der Waals surface area contributed by atoms with Crippen molar-refractivity contribution in [3.8, 4) is 5.75 Å². The molecule has 1 aliphatic carbocycles. The Balaban J connectivity index is 2.52. The summed E-state index contributed by atoms with van der Waals surface area (Å²) >= 11 is 0. The Morgan fingerprint density at radius 1 is 1.31 bits per heavy atom. The van der Waals surface area contributed by atoms with E-state index in [-0.39, 0.29) is 5.41 Å². The van der Waals surface area contributed by atoms with E-state index in [1.54, 1.807) is 7.11 Å². The normalized spacial score (nSPS) is 20.6. The zero-order chi connectivity index (χ0) is 11.8. The predicted molar refractivity (Wildman–Crippen MR) is 65.1 cm³/mol. The maximum absolute atomic E-state index is 9.27. The molecule has 1 aliphatic rings. The van der Waals surface area contributed by atoms with Gasteiger partial charge in [0.15, 0.2) is 0 Å². The van der Waals surface area contributed by atoms with Crippen LogP contribution in [0.15, 0.2) is 30.0 Å². The number of methoxy groups -OCH3 is 1. The molecule has 1 N–H and O–H groups in total. The SMILES string of the molecule is COc1ccc2c(c1)CC/C(=C\O)C2(C)C. The van der Waals surface area contributed by atoms with Gasteiger partial charge in [-0.2, -0.15) is 0 Å². The van der Waals surface area contributed by atoms with Crippen LogP contribution in [0.2, 0.25) is 0 Å². The zero-order valence-corrected chi connectivity index (χ0v) is 10.1. The molecule has 2 nitrogen and oxygen atoms in total. The third-order valence-corrected chi connectivity index (χ3v) is 3.61. The van der Waals surface area contributed by atoms with Crippen LogP contribution in [0.5, 0.6) is 5.75 Å². The van der Waals surface area contributed by atoms with E-state index in [1.165, 1.54) is 17.4 Å². The highest BCUT2D eigenvalue weighted by atomic mass is 16.5. The molecule has 0 unspecified atom stereocenters. The lowest BCUT2D eigenvalue weighted by molar-refractivity contribution is 0.411. The molecule has 0 aromatic heterocycles. The summed E-state index contributed by atoms with van der Waals surface area (Å²) in [6, 6.07) is 6.20. The largest absolute Gasteiger partial charge is 0.516 e. The number of ether oxygens (including phenoxy) is 1. The van der Waals surface area contributed by atoms with E-state index in [0.29, 0.717) is 0 Å². The Kier molecular flexibility index (Phi) is 2.66. The molecule has 0 amide bonds. The molecule has 0 saturated heterocycles. The maximum atomic E-state index is 9.27. The van der Waals surface area contributed by atoms with Gasteiger partial charge in [0.1, 0.15) is 5.75 Å². The lowest BCUT2D eigenvalue weighted by Gasteiger charge is -2.35. The standard InChI is InChI=1S/C14H18O2/c1-14(2)11(9-15)5-4-10-8-12(16-3)6-7-13(10)14/h6-9,15H,4-5H2,1-3H3/b11-9+. The summed E-state index contributed by atoms with van der Waals surface area (Å²) in [5.74, 6) is 0.908. The van der Waals surface area contributed by atoms with Crippen molar-refractivity contribution in [2.45, 2.75) is 32.1 Å². The van der Waals surface area contributed by atoms with E-state index in [9.17, 15) is 5.11 Å². The Morgan fingerprint density at radius 2 is 2.06 bits per heavy atom. The molecule has 2 heteroatoms. The fourth-order valence-corrected chi connectivity index (χ4v) is 2.49. The number of hydrogen-bond acceptors (Lipinski definition) is 2. The Bertz CT molecular complexity index is 430. The van der Waals surface area contributed by atoms with Crippen molar-refractivity contribution < 1.29 is 9.84 Å². The van der Waals surface area contributed by atoms with E-state index in [1.807, 2.05) is 6.07 Å². The van der Waals surface area contributed by atoms with Gasteiger partial charge in [0.05, 0.1) is 13.4 Å². The molecule has 0 spiro atoms. The highest BCUT2D eigenvalue weighted by Gasteiger charge is 2.32. The van der Waals surface area contributed by atoms with Gasteiger partial charge in [-0.15, -0.1) is 0 Å². The second kappa shape index (κ2) is 3.85. The molecular weight excluding hydrogens is 200 g/mol. The summed E-state index contributed by atoms with van der Waals surface area (Å²) < 4.78 is 5.24. The molecule has 0 aliphatic heterocycles. The third-order valence-electron chi connectivity index (χ3n) is 3.61. The summed E-state index contributed by atoms with van der Waals surface area (Å²) in [7, 11) is 1.69. The van der Waals surface area contributed by atoms with Crippen LogP contribution < -0.4 is 4.74 Å². The molecule has 2 rings (SSSR count). The quantitative estimate of drug-likeness (QED) is 0.732. The summed E-state index contributed by atoms with van der Waals surface area (Å²) in [5, 5.41) is 9.27. The first-order chi connectivity index (χ1) is 7.59. The minimum absolute atomic E-state index is 0.0748. The number of rotatable bonds is 1. The van der Waals surface area contributed by atoms with Crippen LogP contribution in [0.25, 0.3) is 0 Å². The van der Waals surface area contributed by atoms with Crippen molar-refractivity contribution in [3.63, 3.8) is 0 Å². The first-order valence-electron chi connectivity index (χ1n) is 5.60. The Morgan fingerprint density at radius 3 is 2.69 bits per heavy atom. The smallest absolute Gasteiger partial charge is 0.119 e. The first kappa shape index (κ1) is 11.1. The molecule has 16 heavy (non-hydrogen) atoms. The first-order valence-corrected chi connectivity index (χ1v) is 5.60. The van der Waals surface area contributed by atoms with E-state index in [4.69, 9.17) is 4.74 Å². The number of aliphatic hydroxyl groups is 1. The van der Waals surface area contributed by atoms with Crippen LogP contribution in [-0.4, -0.2) is 12.2 Å². The molecule has 0 heterocycles. The Hall–Kier alpha value is -1.44. The average Bonchev–Trinajstić information content (AvgIpc) is 2.28.